The molecule has 1 saturated carbocycles. The van der Waals surface area contributed by atoms with E-state index in [1.54, 1.807) is 47.3 Å². The predicted molar refractivity (Wildman–Crippen MR) is 185 cm³/mol. The molecule has 17 nitrogen and oxygen atoms in total. The number of nitrogens with zero attached hydrogens (tertiary/aromatic N) is 6. The Hall–Kier alpha value is -5.11. The first-order chi connectivity index (χ1) is 25.7. The number of phosphoric acid groups is 1. The molecule has 4 heterocycles. The zero-order chi connectivity index (χ0) is 37.4. The van der Waals surface area contributed by atoms with Crippen molar-refractivity contribution in [3.63, 3.8) is 0 Å². The van der Waals surface area contributed by atoms with Gasteiger partial charge in [0.05, 0.1) is 58.5 Å². The lowest BCUT2D eigenvalue weighted by Gasteiger charge is -2.44. The maximum Gasteiger partial charge on any atom is 0.474 e. The van der Waals surface area contributed by atoms with Gasteiger partial charge < -0.3 is 19.5 Å². The molecule has 0 radical (unpaired) electrons. The van der Waals surface area contributed by atoms with E-state index in [4.69, 9.17) is 33.0 Å². The number of nitriles is 1. The van der Waals surface area contributed by atoms with Gasteiger partial charge in [0.15, 0.2) is 17.0 Å². The average Bonchev–Trinajstić information content (AvgIpc) is 3.82. The Balaban J connectivity index is 1.10. The normalized spacial score (nSPS) is 21.9. The van der Waals surface area contributed by atoms with Gasteiger partial charge in [0, 0.05) is 18.7 Å². The van der Waals surface area contributed by atoms with Crippen LogP contribution in [0.4, 0.5) is 5.82 Å². The number of aromatic nitrogens is 5. The van der Waals surface area contributed by atoms with Crippen LogP contribution < -0.4 is 5.32 Å². The van der Waals surface area contributed by atoms with Crippen molar-refractivity contribution in [3.8, 4) is 6.07 Å². The molecule has 3 aromatic heterocycles. The Bertz CT molecular complexity index is 2020. The highest BCUT2D eigenvalue weighted by Gasteiger charge is 2.45. The van der Waals surface area contributed by atoms with Crippen molar-refractivity contribution >= 4 is 42.7 Å². The molecular formula is C35H38N7O10P. The van der Waals surface area contributed by atoms with Crippen LogP contribution in [-0.4, -0.2) is 82.0 Å². The summed E-state index contributed by atoms with van der Waals surface area (Å²) in [6, 6.07) is 14.1. The molecule has 4 aromatic rings. The van der Waals surface area contributed by atoms with Crippen molar-refractivity contribution in [2.45, 2.75) is 50.9 Å². The maximum absolute atomic E-state index is 13.9. The topological polar surface area (TPSA) is 216 Å². The molecule has 53 heavy (non-hydrogen) atoms. The molecule has 278 valence electrons. The van der Waals surface area contributed by atoms with E-state index in [1.807, 2.05) is 12.1 Å². The molecule has 2 fully saturated rings. The van der Waals surface area contributed by atoms with E-state index in [0.29, 0.717) is 36.0 Å². The standard InChI is InChI=1S/C35H38N7O10P/c1-22(43)48-17-25-15-27(24-11-13-37-29(16-24)35(45)47-2)28(25)19-51-53(46,49-14-6-12-36)50-18-26-9-10-30(52-26)42-21-40-31-32(38-20-39-33(31)42)41-34(44)23-7-4-3-5-8-23/h3-5,7-8,11,13,16,20-21,25-28,30H,6,9-10,14-15,17-19H2,1-2H3,(H,38,39,41,44)/t25-,26+,27+,28-,30-,53?/m1/s1. The third kappa shape index (κ3) is 9.10. The smallest absolute Gasteiger partial charge is 0.466 e. The molecule has 1 amide bonds. The molecule has 0 spiro atoms. The molecule has 1 aliphatic carbocycles. The quantitative estimate of drug-likeness (QED) is 0.0907. The molecule has 6 rings (SSSR count). The number of carbonyl (C=O) groups excluding carboxylic acids is 3. The number of rotatable bonds is 16. The summed E-state index contributed by atoms with van der Waals surface area (Å²) in [5.74, 6) is -1.66. The first kappa shape index (κ1) is 37.6. The number of carbonyl (C=O) groups is 3. The van der Waals surface area contributed by atoms with Crippen molar-refractivity contribution in [1.82, 2.24) is 24.5 Å². The molecule has 1 aromatic carbocycles. The van der Waals surface area contributed by atoms with Crippen molar-refractivity contribution < 1.29 is 46.7 Å². The number of anilines is 1. The number of benzene rings is 1. The second-order valence-corrected chi connectivity index (χ2v) is 14.1. The number of fused-ring (bicyclic) bond motifs is 1. The van der Waals surface area contributed by atoms with E-state index in [9.17, 15) is 18.9 Å². The van der Waals surface area contributed by atoms with Crippen LogP contribution >= 0.6 is 7.82 Å². The summed E-state index contributed by atoms with van der Waals surface area (Å²) in [4.78, 5) is 53.6. The van der Waals surface area contributed by atoms with Gasteiger partial charge in [0.25, 0.3) is 5.91 Å². The van der Waals surface area contributed by atoms with Crippen LogP contribution in [-0.2, 0) is 37.1 Å². The van der Waals surface area contributed by atoms with Crippen LogP contribution in [0.25, 0.3) is 11.2 Å². The Kier molecular flexibility index (Phi) is 12.2. The number of phosphoric ester groups is 1. The lowest BCUT2D eigenvalue weighted by atomic mass is 9.63. The van der Waals surface area contributed by atoms with Crippen LogP contribution in [0.1, 0.15) is 71.2 Å². The number of imidazole rings is 1. The summed E-state index contributed by atoms with van der Waals surface area (Å²) < 4.78 is 49.2. The number of amides is 1. The summed E-state index contributed by atoms with van der Waals surface area (Å²) in [6.07, 6.45) is 5.05. The third-order valence-electron chi connectivity index (χ3n) is 9.12. The summed E-state index contributed by atoms with van der Waals surface area (Å²) in [5, 5.41) is 11.9. The minimum atomic E-state index is -4.22. The zero-order valence-electron chi connectivity index (χ0n) is 29.0. The van der Waals surface area contributed by atoms with E-state index in [-0.39, 0.29) is 68.0 Å². The number of hydrogen-bond donors (Lipinski definition) is 1. The second-order valence-electron chi connectivity index (χ2n) is 12.5. The molecule has 1 N–H and O–H groups in total. The van der Waals surface area contributed by atoms with Crippen LogP contribution in [0, 0.1) is 23.2 Å². The maximum atomic E-state index is 13.9. The van der Waals surface area contributed by atoms with E-state index in [2.05, 4.69) is 25.3 Å². The average molecular weight is 748 g/mol. The molecule has 2 aliphatic rings. The van der Waals surface area contributed by atoms with Crippen molar-refractivity contribution in [1.29, 1.82) is 5.26 Å². The first-order valence-corrected chi connectivity index (χ1v) is 18.4. The van der Waals surface area contributed by atoms with Crippen LogP contribution in [0.2, 0.25) is 0 Å². The van der Waals surface area contributed by atoms with E-state index < -0.39 is 32.1 Å². The summed E-state index contributed by atoms with van der Waals surface area (Å²) >= 11 is 0. The minimum Gasteiger partial charge on any atom is -0.466 e. The Morgan fingerprint density at radius 3 is 2.62 bits per heavy atom. The van der Waals surface area contributed by atoms with Crippen LogP contribution in [0.5, 0.6) is 0 Å². The van der Waals surface area contributed by atoms with E-state index in [0.717, 1.165) is 5.56 Å². The van der Waals surface area contributed by atoms with Gasteiger partial charge in [0.1, 0.15) is 18.2 Å². The highest BCUT2D eigenvalue weighted by molar-refractivity contribution is 7.48. The zero-order valence-corrected chi connectivity index (χ0v) is 29.9. The van der Waals surface area contributed by atoms with Crippen LogP contribution in [0.15, 0.2) is 61.3 Å². The lowest BCUT2D eigenvalue weighted by Crippen LogP contribution is -2.41. The second kappa shape index (κ2) is 17.1. The van der Waals surface area contributed by atoms with Gasteiger partial charge in [-0.25, -0.2) is 29.3 Å². The highest BCUT2D eigenvalue weighted by atomic mass is 31.2. The number of methoxy groups -OCH3 is 1. The van der Waals surface area contributed by atoms with Crippen molar-refractivity contribution in [2.24, 2.45) is 11.8 Å². The Morgan fingerprint density at radius 2 is 1.85 bits per heavy atom. The van der Waals surface area contributed by atoms with Crippen LogP contribution in [0.3, 0.4) is 0 Å². The molecule has 18 heteroatoms. The third-order valence-corrected chi connectivity index (χ3v) is 10.5. The van der Waals surface area contributed by atoms with Gasteiger partial charge in [0.2, 0.25) is 0 Å². The lowest BCUT2D eigenvalue weighted by molar-refractivity contribution is -0.145. The summed E-state index contributed by atoms with van der Waals surface area (Å²) in [5.41, 5.74) is 2.25. The summed E-state index contributed by atoms with van der Waals surface area (Å²) in [6.45, 7) is 1.03. The first-order valence-electron chi connectivity index (χ1n) is 17.0. The van der Waals surface area contributed by atoms with E-state index in [1.165, 1.54) is 26.6 Å². The summed E-state index contributed by atoms with van der Waals surface area (Å²) in [7, 11) is -2.95. The fourth-order valence-electron chi connectivity index (χ4n) is 6.36. The number of hydrogen-bond acceptors (Lipinski definition) is 15. The molecular weight excluding hydrogens is 709 g/mol. The minimum absolute atomic E-state index is 0.0451. The van der Waals surface area contributed by atoms with Gasteiger partial charge in [-0.2, -0.15) is 5.26 Å². The monoisotopic (exact) mass is 747 g/mol. The van der Waals surface area contributed by atoms with Gasteiger partial charge >= 0.3 is 19.8 Å². The SMILES string of the molecule is COC(=O)c1cc([C@@H]2C[C@H](COC(C)=O)[C@H]2COP(=O)(OCCC#N)OC[C@@H]2CC[C@H](n3cnc4c(NC(=O)c5ccccc5)ncnc43)O2)ccn1. The fourth-order valence-corrected chi connectivity index (χ4v) is 7.60. The van der Waals surface area contributed by atoms with Gasteiger partial charge in [-0.05, 0) is 66.8 Å². The number of nitrogens with one attached hydrogen (secondary N) is 1. The Labute approximate surface area is 304 Å². The largest absolute Gasteiger partial charge is 0.474 e. The molecule has 1 aliphatic heterocycles. The number of pyridine rings is 1. The van der Waals surface area contributed by atoms with Crippen molar-refractivity contribution in [2.75, 3.05) is 38.9 Å². The van der Waals surface area contributed by atoms with Crippen molar-refractivity contribution in [3.05, 3.63) is 78.1 Å². The van der Waals surface area contributed by atoms with Gasteiger partial charge in [-0.1, -0.05) is 18.2 Å². The number of ether oxygens (including phenoxy) is 3. The molecule has 0 bridgehead atoms. The van der Waals surface area contributed by atoms with Gasteiger partial charge in [-0.15, -0.1) is 0 Å². The van der Waals surface area contributed by atoms with Gasteiger partial charge in [-0.3, -0.25) is 27.7 Å². The van der Waals surface area contributed by atoms with E-state index >= 15 is 0 Å². The predicted octanol–water partition coefficient (Wildman–Crippen LogP) is 4.99. The highest BCUT2D eigenvalue weighted by Crippen LogP contribution is 2.54. The number of esters is 2. The molecule has 6 atom stereocenters. The Morgan fingerprint density at radius 1 is 1.04 bits per heavy atom. The fraction of sp³-hybridized carbons (Fsp3) is 0.429. The molecule has 1 saturated heterocycles. The molecule has 1 unspecified atom stereocenters.